The van der Waals surface area contributed by atoms with Crippen LogP contribution in [0.3, 0.4) is 0 Å². The van der Waals surface area contributed by atoms with E-state index in [0.717, 1.165) is 6.54 Å². The van der Waals surface area contributed by atoms with Gasteiger partial charge in [-0.1, -0.05) is 76.9 Å². The van der Waals surface area contributed by atoms with Crippen molar-refractivity contribution in [2.24, 2.45) is 5.73 Å². The molecule has 7 nitrogen and oxygen atoms in total. The SMILES string of the molecule is CCCCCCCC/C=C\CCCCCCCCN.O=C(O)CNCP(=O)(O)O. The van der Waals surface area contributed by atoms with Gasteiger partial charge in [0.2, 0.25) is 0 Å². The van der Waals surface area contributed by atoms with E-state index in [1.165, 1.54) is 89.9 Å². The molecule has 0 heterocycles. The quantitative estimate of drug-likeness (QED) is 0.112. The first-order valence-electron chi connectivity index (χ1n) is 11.2. The van der Waals surface area contributed by atoms with Crippen LogP contribution in [-0.4, -0.2) is 40.2 Å². The molecule has 0 bridgehead atoms. The summed E-state index contributed by atoms with van der Waals surface area (Å²) >= 11 is 0. The first kappa shape index (κ1) is 30.5. The Morgan fingerprint density at radius 2 is 1.31 bits per heavy atom. The molecule has 0 saturated carbocycles. The van der Waals surface area contributed by atoms with Gasteiger partial charge in [0.15, 0.2) is 0 Å². The molecule has 6 N–H and O–H groups in total. The van der Waals surface area contributed by atoms with Crippen molar-refractivity contribution in [2.75, 3.05) is 19.4 Å². The summed E-state index contributed by atoms with van der Waals surface area (Å²) in [6, 6.07) is 0. The number of hydrogen-bond donors (Lipinski definition) is 5. The van der Waals surface area contributed by atoms with Gasteiger partial charge in [0.05, 0.1) is 12.8 Å². The minimum atomic E-state index is -4.10. The number of unbranched alkanes of at least 4 members (excludes halogenated alkanes) is 12. The molecule has 0 radical (unpaired) electrons. The summed E-state index contributed by atoms with van der Waals surface area (Å²) in [5.41, 5.74) is 5.47. The van der Waals surface area contributed by atoms with Crippen LogP contribution in [0.15, 0.2) is 12.2 Å². The number of rotatable bonds is 19. The number of nitrogens with one attached hydrogen (secondary N) is 1. The second-order valence-electron chi connectivity index (χ2n) is 7.37. The van der Waals surface area contributed by atoms with E-state index in [1.54, 1.807) is 0 Å². The zero-order valence-electron chi connectivity index (χ0n) is 18.4. The Kier molecular flexibility index (Phi) is 24.8. The Morgan fingerprint density at radius 3 is 1.72 bits per heavy atom. The third-order valence-corrected chi connectivity index (χ3v) is 4.95. The minimum Gasteiger partial charge on any atom is -0.480 e. The highest BCUT2D eigenvalue weighted by Crippen LogP contribution is 2.31. The average Bonchev–Trinajstić information content (AvgIpc) is 2.64. The van der Waals surface area contributed by atoms with E-state index in [9.17, 15) is 9.36 Å². The Balaban J connectivity index is 0. The number of hydrogen-bond acceptors (Lipinski definition) is 4. The third-order valence-electron chi connectivity index (χ3n) is 4.31. The van der Waals surface area contributed by atoms with E-state index in [1.807, 2.05) is 0 Å². The van der Waals surface area contributed by atoms with Crippen LogP contribution in [0.4, 0.5) is 0 Å². The molecule has 0 amide bonds. The van der Waals surface area contributed by atoms with Crippen molar-refractivity contribution in [2.45, 2.75) is 96.8 Å². The summed E-state index contributed by atoms with van der Waals surface area (Å²) in [6.45, 7) is 2.70. The van der Waals surface area contributed by atoms with Crippen LogP contribution < -0.4 is 11.1 Å². The molecule has 0 atom stereocenters. The molecule has 29 heavy (non-hydrogen) atoms. The van der Waals surface area contributed by atoms with Crippen LogP contribution in [0.25, 0.3) is 0 Å². The van der Waals surface area contributed by atoms with Crippen LogP contribution in [0.2, 0.25) is 0 Å². The highest BCUT2D eigenvalue weighted by Gasteiger charge is 2.11. The highest BCUT2D eigenvalue weighted by molar-refractivity contribution is 7.51. The van der Waals surface area contributed by atoms with Gasteiger partial charge in [0.1, 0.15) is 0 Å². The number of aliphatic carboxylic acids is 1. The molecule has 0 rings (SSSR count). The van der Waals surface area contributed by atoms with Gasteiger partial charge in [0, 0.05) is 0 Å². The second-order valence-corrected chi connectivity index (χ2v) is 9.02. The molecule has 0 unspecified atom stereocenters. The number of allylic oxidation sites excluding steroid dienone is 2. The van der Waals surface area contributed by atoms with Crippen molar-refractivity contribution in [1.82, 2.24) is 5.32 Å². The summed E-state index contributed by atoms with van der Waals surface area (Å²) in [7, 11) is -4.10. The molecule has 0 saturated heterocycles. The predicted octanol–water partition coefficient (Wildman–Crippen LogP) is 4.78. The molecule has 0 aromatic carbocycles. The Hall–Kier alpha value is -0.720. The molecule has 0 fully saturated rings. The Morgan fingerprint density at radius 1 is 0.862 bits per heavy atom. The Bertz CT molecular complexity index is 427. The lowest BCUT2D eigenvalue weighted by atomic mass is 10.1. The summed E-state index contributed by atoms with van der Waals surface area (Å²) < 4.78 is 10.1. The van der Waals surface area contributed by atoms with Crippen LogP contribution in [0, 0.1) is 0 Å². The molecular formula is C21H45N2O5P. The third kappa shape index (κ3) is 35.1. The van der Waals surface area contributed by atoms with Crippen LogP contribution >= 0.6 is 7.60 Å². The molecule has 0 aromatic heterocycles. The monoisotopic (exact) mass is 436 g/mol. The largest absolute Gasteiger partial charge is 0.480 e. The maximum atomic E-state index is 10.1. The predicted molar refractivity (Wildman–Crippen MR) is 121 cm³/mol. The maximum absolute atomic E-state index is 10.1. The van der Waals surface area contributed by atoms with Crippen molar-refractivity contribution in [3.05, 3.63) is 12.2 Å². The summed E-state index contributed by atoms with van der Waals surface area (Å²) in [5, 5.41) is 10.1. The van der Waals surface area contributed by atoms with Gasteiger partial charge in [-0.3, -0.25) is 14.7 Å². The molecule has 0 aliphatic rings. The van der Waals surface area contributed by atoms with Crippen LogP contribution in [-0.2, 0) is 9.36 Å². The lowest BCUT2D eigenvalue weighted by Gasteiger charge is -2.02. The van der Waals surface area contributed by atoms with E-state index < -0.39 is 26.4 Å². The molecule has 0 aromatic rings. The fourth-order valence-corrected chi connectivity index (χ4v) is 3.10. The van der Waals surface area contributed by atoms with E-state index in [4.69, 9.17) is 20.6 Å². The van der Waals surface area contributed by atoms with Crippen molar-refractivity contribution in [3.63, 3.8) is 0 Å². The number of carbonyl (C=O) groups is 1. The van der Waals surface area contributed by atoms with Gasteiger partial charge in [-0.25, -0.2) is 0 Å². The van der Waals surface area contributed by atoms with Gasteiger partial charge in [0.25, 0.3) is 0 Å². The first-order valence-corrected chi connectivity index (χ1v) is 12.9. The Labute approximate surface area is 177 Å². The minimum absolute atomic E-state index is 0.439. The molecule has 0 spiro atoms. The average molecular weight is 437 g/mol. The number of carboxylic acids is 1. The standard InChI is InChI=1S/C18H37N.C3H8NO5P/c1-2-3-4-5-6-7-8-9-10-11-12-13-14-15-16-17-18-19;5-3(6)1-4-2-10(7,8)9/h9-10H,2-8,11-19H2,1H3;4H,1-2H2,(H,5,6)(H2,7,8,9)/b10-9-;. The van der Waals surface area contributed by atoms with E-state index >= 15 is 0 Å². The topological polar surface area (TPSA) is 133 Å². The van der Waals surface area contributed by atoms with E-state index in [2.05, 4.69) is 24.4 Å². The summed E-state index contributed by atoms with van der Waals surface area (Å²) in [4.78, 5) is 26.1. The van der Waals surface area contributed by atoms with Gasteiger partial charge in [-0.2, -0.15) is 0 Å². The van der Waals surface area contributed by atoms with Crippen molar-refractivity contribution >= 4 is 13.6 Å². The lowest BCUT2D eigenvalue weighted by Crippen LogP contribution is -2.23. The van der Waals surface area contributed by atoms with Crippen molar-refractivity contribution in [3.8, 4) is 0 Å². The van der Waals surface area contributed by atoms with Crippen molar-refractivity contribution < 1.29 is 24.3 Å². The number of carboxylic acid groups (broad SMARTS) is 1. The highest BCUT2D eigenvalue weighted by atomic mass is 31.2. The van der Waals surface area contributed by atoms with Gasteiger partial charge >= 0.3 is 13.6 Å². The van der Waals surface area contributed by atoms with Crippen molar-refractivity contribution in [1.29, 1.82) is 0 Å². The van der Waals surface area contributed by atoms with E-state index in [0.29, 0.717) is 0 Å². The zero-order valence-corrected chi connectivity index (χ0v) is 19.3. The van der Waals surface area contributed by atoms with E-state index in [-0.39, 0.29) is 0 Å². The summed E-state index contributed by atoms with van der Waals surface area (Å²) in [5.74, 6) is -1.14. The molecule has 174 valence electrons. The molecule has 0 aliphatic heterocycles. The fraction of sp³-hybridized carbons (Fsp3) is 0.857. The normalized spacial score (nSPS) is 11.4. The van der Waals surface area contributed by atoms with Gasteiger partial charge < -0.3 is 20.6 Å². The first-order chi connectivity index (χ1) is 13.8. The molecular weight excluding hydrogens is 391 g/mol. The molecule has 0 aliphatic carbocycles. The van der Waals surface area contributed by atoms with Gasteiger partial charge in [-0.15, -0.1) is 0 Å². The second kappa shape index (κ2) is 23.6. The zero-order chi connectivity index (χ0) is 22.2. The lowest BCUT2D eigenvalue weighted by molar-refractivity contribution is -0.135. The maximum Gasteiger partial charge on any atom is 0.339 e. The van der Waals surface area contributed by atoms with Gasteiger partial charge in [-0.05, 0) is 38.6 Å². The fourth-order valence-electron chi connectivity index (χ4n) is 2.70. The van der Waals surface area contributed by atoms with Crippen LogP contribution in [0.1, 0.15) is 96.8 Å². The smallest absolute Gasteiger partial charge is 0.339 e. The number of nitrogens with two attached hydrogens (primary N) is 1. The molecule has 8 heteroatoms. The van der Waals surface area contributed by atoms with Crippen LogP contribution in [0.5, 0.6) is 0 Å². The summed E-state index contributed by atoms with van der Waals surface area (Å²) in [6.07, 6.45) is 23.3.